The van der Waals surface area contributed by atoms with Crippen molar-refractivity contribution in [1.29, 1.82) is 0 Å². The lowest BCUT2D eigenvalue weighted by molar-refractivity contribution is 0.830. The Labute approximate surface area is 133 Å². The number of anilines is 3. The molecule has 2 aromatic rings. The largest absolute Gasteiger partial charge is 0.370 e. The predicted octanol–water partition coefficient (Wildman–Crippen LogP) is 4.86. The van der Waals surface area contributed by atoms with E-state index in [2.05, 4.69) is 59.6 Å². The molecular formula is C18H26N4. The molecular weight excluding hydrogens is 272 g/mol. The number of unbranched alkanes of at least 4 members (excludes halogenated alkanes) is 1. The van der Waals surface area contributed by atoms with E-state index in [-0.39, 0.29) is 0 Å². The first kappa shape index (κ1) is 16.3. The SMILES string of the molecule is CCCCNc1cc(C)nc(Nc2ccccc2C(C)C)n1. The molecule has 0 unspecified atom stereocenters. The van der Waals surface area contributed by atoms with Crippen LogP contribution in [0.15, 0.2) is 30.3 Å². The Morgan fingerprint density at radius 1 is 1.14 bits per heavy atom. The third kappa shape index (κ3) is 4.45. The van der Waals surface area contributed by atoms with Crippen molar-refractivity contribution in [2.45, 2.75) is 46.5 Å². The van der Waals surface area contributed by atoms with Crippen molar-refractivity contribution in [2.24, 2.45) is 0 Å². The van der Waals surface area contributed by atoms with E-state index in [0.29, 0.717) is 11.9 Å². The summed E-state index contributed by atoms with van der Waals surface area (Å²) in [7, 11) is 0. The molecule has 0 aliphatic heterocycles. The molecule has 1 aromatic heterocycles. The fraction of sp³-hybridized carbons (Fsp3) is 0.444. The van der Waals surface area contributed by atoms with Crippen LogP contribution < -0.4 is 10.6 Å². The molecule has 0 saturated heterocycles. The van der Waals surface area contributed by atoms with Crippen LogP contribution in [-0.2, 0) is 0 Å². The maximum Gasteiger partial charge on any atom is 0.229 e. The predicted molar refractivity (Wildman–Crippen MR) is 94.0 cm³/mol. The molecule has 4 nitrogen and oxygen atoms in total. The van der Waals surface area contributed by atoms with Crippen molar-refractivity contribution in [3.63, 3.8) is 0 Å². The van der Waals surface area contributed by atoms with Gasteiger partial charge in [0.2, 0.25) is 5.95 Å². The number of para-hydroxylation sites is 1. The molecule has 1 aromatic carbocycles. The monoisotopic (exact) mass is 298 g/mol. The first-order valence-electron chi connectivity index (χ1n) is 8.05. The second-order valence-electron chi connectivity index (χ2n) is 5.87. The fourth-order valence-electron chi connectivity index (χ4n) is 2.34. The summed E-state index contributed by atoms with van der Waals surface area (Å²) in [4.78, 5) is 9.06. The molecule has 4 heteroatoms. The van der Waals surface area contributed by atoms with Crippen molar-refractivity contribution in [1.82, 2.24) is 9.97 Å². The Kier molecular flexibility index (Phi) is 5.75. The molecule has 0 atom stereocenters. The number of hydrogen-bond donors (Lipinski definition) is 2. The second kappa shape index (κ2) is 7.78. The molecule has 2 N–H and O–H groups in total. The number of nitrogens with zero attached hydrogens (tertiary/aromatic N) is 2. The summed E-state index contributed by atoms with van der Waals surface area (Å²) in [6.07, 6.45) is 2.31. The highest BCUT2D eigenvalue weighted by Crippen LogP contribution is 2.26. The molecule has 0 amide bonds. The van der Waals surface area contributed by atoms with Gasteiger partial charge in [-0.15, -0.1) is 0 Å². The van der Waals surface area contributed by atoms with Gasteiger partial charge in [-0.25, -0.2) is 4.98 Å². The standard InChI is InChI=1S/C18H26N4/c1-5-6-11-19-17-12-14(4)20-18(22-17)21-16-10-8-7-9-15(16)13(2)3/h7-10,12-13H,5-6,11H2,1-4H3,(H2,19,20,21,22). The van der Waals surface area contributed by atoms with Gasteiger partial charge in [-0.3, -0.25) is 0 Å². The van der Waals surface area contributed by atoms with Gasteiger partial charge >= 0.3 is 0 Å². The molecule has 1 heterocycles. The van der Waals surface area contributed by atoms with Gasteiger partial charge in [0, 0.05) is 24.0 Å². The highest BCUT2D eigenvalue weighted by atomic mass is 15.1. The van der Waals surface area contributed by atoms with Crippen LogP contribution >= 0.6 is 0 Å². The maximum atomic E-state index is 4.57. The van der Waals surface area contributed by atoms with Gasteiger partial charge in [-0.05, 0) is 30.9 Å². The van der Waals surface area contributed by atoms with Gasteiger partial charge in [0.05, 0.1) is 0 Å². The number of aromatic nitrogens is 2. The zero-order valence-corrected chi connectivity index (χ0v) is 14.0. The van der Waals surface area contributed by atoms with E-state index in [4.69, 9.17) is 0 Å². The van der Waals surface area contributed by atoms with Crippen molar-refractivity contribution in [3.8, 4) is 0 Å². The second-order valence-corrected chi connectivity index (χ2v) is 5.87. The van der Waals surface area contributed by atoms with Crippen LogP contribution in [0.25, 0.3) is 0 Å². The van der Waals surface area contributed by atoms with E-state index in [1.54, 1.807) is 0 Å². The Morgan fingerprint density at radius 2 is 1.91 bits per heavy atom. The average Bonchev–Trinajstić information content (AvgIpc) is 2.47. The Hall–Kier alpha value is -2.10. The highest BCUT2D eigenvalue weighted by Gasteiger charge is 2.08. The smallest absolute Gasteiger partial charge is 0.229 e. The lowest BCUT2D eigenvalue weighted by Crippen LogP contribution is -2.07. The number of nitrogens with one attached hydrogen (secondary N) is 2. The first-order valence-corrected chi connectivity index (χ1v) is 8.05. The Morgan fingerprint density at radius 3 is 2.64 bits per heavy atom. The lowest BCUT2D eigenvalue weighted by atomic mass is 10.0. The summed E-state index contributed by atoms with van der Waals surface area (Å²) in [6.45, 7) is 9.49. The highest BCUT2D eigenvalue weighted by molar-refractivity contribution is 5.60. The number of hydrogen-bond acceptors (Lipinski definition) is 4. The molecule has 0 aliphatic carbocycles. The molecule has 118 valence electrons. The third-order valence-electron chi connectivity index (χ3n) is 3.52. The maximum absolute atomic E-state index is 4.57. The summed E-state index contributed by atoms with van der Waals surface area (Å²) in [5, 5.41) is 6.72. The third-order valence-corrected chi connectivity index (χ3v) is 3.52. The summed E-state index contributed by atoms with van der Waals surface area (Å²) in [5.41, 5.74) is 3.30. The van der Waals surface area contributed by atoms with Crippen LogP contribution in [0.1, 0.15) is 50.8 Å². The topological polar surface area (TPSA) is 49.8 Å². The minimum absolute atomic E-state index is 0.454. The quantitative estimate of drug-likeness (QED) is 0.716. The van der Waals surface area contributed by atoms with E-state index >= 15 is 0 Å². The Balaban J connectivity index is 2.19. The zero-order chi connectivity index (χ0) is 15.9. The number of aryl methyl sites for hydroxylation is 1. The van der Waals surface area contributed by atoms with Gasteiger partial charge in [0.1, 0.15) is 5.82 Å². The molecule has 0 fully saturated rings. The molecule has 0 aliphatic rings. The molecule has 0 spiro atoms. The zero-order valence-electron chi connectivity index (χ0n) is 14.0. The van der Waals surface area contributed by atoms with Crippen LogP contribution in [0.4, 0.5) is 17.5 Å². The summed E-state index contributed by atoms with van der Waals surface area (Å²) < 4.78 is 0. The van der Waals surface area contributed by atoms with Crippen molar-refractivity contribution in [2.75, 3.05) is 17.2 Å². The fourth-order valence-corrected chi connectivity index (χ4v) is 2.34. The van der Waals surface area contributed by atoms with Crippen LogP contribution in [0.2, 0.25) is 0 Å². The van der Waals surface area contributed by atoms with Gasteiger partial charge in [0.25, 0.3) is 0 Å². The van der Waals surface area contributed by atoms with Gasteiger partial charge in [-0.1, -0.05) is 45.4 Å². The van der Waals surface area contributed by atoms with E-state index in [1.807, 2.05) is 19.1 Å². The summed E-state index contributed by atoms with van der Waals surface area (Å²) in [6, 6.07) is 10.3. The van der Waals surface area contributed by atoms with Gasteiger partial charge < -0.3 is 10.6 Å². The van der Waals surface area contributed by atoms with E-state index in [1.165, 1.54) is 12.0 Å². The number of rotatable bonds is 7. The molecule has 2 rings (SSSR count). The Bertz CT molecular complexity index is 608. The first-order chi connectivity index (χ1) is 10.6. The van der Waals surface area contributed by atoms with Crippen molar-refractivity contribution >= 4 is 17.5 Å². The minimum atomic E-state index is 0.454. The van der Waals surface area contributed by atoms with Crippen molar-refractivity contribution in [3.05, 3.63) is 41.6 Å². The molecule has 22 heavy (non-hydrogen) atoms. The summed E-state index contributed by atoms with van der Waals surface area (Å²) in [5.74, 6) is 1.98. The van der Waals surface area contributed by atoms with Gasteiger partial charge in [-0.2, -0.15) is 4.98 Å². The molecule has 0 radical (unpaired) electrons. The van der Waals surface area contributed by atoms with Crippen LogP contribution in [0.5, 0.6) is 0 Å². The van der Waals surface area contributed by atoms with E-state index in [9.17, 15) is 0 Å². The molecule has 0 bridgehead atoms. The lowest BCUT2D eigenvalue weighted by Gasteiger charge is -2.14. The van der Waals surface area contributed by atoms with Crippen LogP contribution in [0, 0.1) is 6.92 Å². The summed E-state index contributed by atoms with van der Waals surface area (Å²) >= 11 is 0. The van der Waals surface area contributed by atoms with Gasteiger partial charge in [0.15, 0.2) is 0 Å². The minimum Gasteiger partial charge on any atom is -0.370 e. The van der Waals surface area contributed by atoms with E-state index in [0.717, 1.165) is 30.2 Å². The van der Waals surface area contributed by atoms with Crippen LogP contribution in [-0.4, -0.2) is 16.5 Å². The van der Waals surface area contributed by atoms with Crippen LogP contribution in [0.3, 0.4) is 0 Å². The number of benzene rings is 1. The van der Waals surface area contributed by atoms with Crippen molar-refractivity contribution < 1.29 is 0 Å². The normalized spacial score (nSPS) is 10.8. The average molecular weight is 298 g/mol. The van der Waals surface area contributed by atoms with E-state index < -0.39 is 0 Å². The molecule has 0 saturated carbocycles.